The molecule has 0 radical (unpaired) electrons. The van der Waals surface area contributed by atoms with Crippen LogP contribution in [0.4, 0.5) is 5.00 Å². The van der Waals surface area contributed by atoms with E-state index in [-0.39, 0.29) is 0 Å². The highest BCUT2D eigenvalue weighted by molar-refractivity contribution is 7.17. The molecular formula is C19H22N2O4S2. The Morgan fingerprint density at radius 1 is 1.22 bits per heavy atom. The van der Waals surface area contributed by atoms with Crippen LogP contribution in [0.15, 0.2) is 6.07 Å². The molecule has 6 nitrogen and oxygen atoms in total. The molecule has 0 saturated carbocycles. The highest BCUT2D eigenvalue weighted by Crippen LogP contribution is 2.37. The van der Waals surface area contributed by atoms with Gasteiger partial charge in [-0.3, -0.25) is 9.59 Å². The van der Waals surface area contributed by atoms with Crippen molar-refractivity contribution in [2.45, 2.75) is 46.0 Å². The Labute approximate surface area is 165 Å². The normalized spacial score (nSPS) is 13.1. The van der Waals surface area contributed by atoms with Gasteiger partial charge in [-0.05, 0) is 56.2 Å². The highest BCUT2D eigenvalue weighted by Gasteiger charge is 2.25. The maximum Gasteiger partial charge on any atom is 0.348 e. The van der Waals surface area contributed by atoms with Gasteiger partial charge in [-0.25, -0.2) is 4.79 Å². The van der Waals surface area contributed by atoms with Crippen molar-refractivity contribution in [3.63, 3.8) is 0 Å². The van der Waals surface area contributed by atoms with E-state index in [2.05, 4.69) is 5.32 Å². The quantitative estimate of drug-likeness (QED) is 0.718. The molecule has 2 aromatic heterocycles. The van der Waals surface area contributed by atoms with Crippen LogP contribution < -0.4 is 11.1 Å². The van der Waals surface area contributed by atoms with Gasteiger partial charge in [0.25, 0.3) is 11.8 Å². The van der Waals surface area contributed by atoms with E-state index in [4.69, 9.17) is 10.5 Å². The van der Waals surface area contributed by atoms with E-state index in [1.54, 1.807) is 6.07 Å². The summed E-state index contributed by atoms with van der Waals surface area (Å²) in [5, 5.41) is 3.14. The van der Waals surface area contributed by atoms with Gasteiger partial charge in [0, 0.05) is 9.75 Å². The molecule has 2 heterocycles. The minimum Gasteiger partial charge on any atom is -0.451 e. The van der Waals surface area contributed by atoms with Crippen molar-refractivity contribution in [3.05, 3.63) is 37.4 Å². The highest BCUT2D eigenvalue weighted by atomic mass is 32.1. The molecule has 0 fully saturated rings. The molecule has 0 unspecified atom stereocenters. The second kappa shape index (κ2) is 8.22. The summed E-state index contributed by atoms with van der Waals surface area (Å²) < 4.78 is 5.13. The summed E-state index contributed by atoms with van der Waals surface area (Å²) in [5.74, 6) is -1.53. The van der Waals surface area contributed by atoms with E-state index < -0.39 is 24.4 Å². The average Bonchev–Trinajstić information content (AvgIpc) is 3.19. The molecule has 0 aliphatic heterocycles. The predicted octanol–water partition coefficient (Wildman–Crippen LogP) is 3.45. The molecule has 27 heavy (non-hydrogen) atoms. The summed E-state index contributed by atoms with van der Waals surface area (Å²) >= 11 is 2.77. The fraction of sp³-hybridized carbons (Fsp3) is 0.421. The lowest BCUT2D eigenvalue weighted by atomic mass is 9.95. The Balaban J connectivity index is 1.65. The van der Waals surface area contributed by atoms with Gasteiger partial charge in [0.1, 0.15) is 9.88 Å². The summed E-state index contributed by atoms with van der Waals surface area (Å²) in [6.07, 6.45) is 4.62. The van der Waals surface area contributed by atoms with Crippen molar-refractivity contribution in [2.75, 3.05) is 11.9 Å². The molecule has 1 aliphatic carbocycles. The third kappa shape index (κ3) is 4.22. The zero-order chi connectivity index (χ0) is 19.6. The maximum absolute atomic E-state index is 12.2. The van der Waals surface area contributed by atoms with Crippen molar-refractivity contribution in [3.8, 4) is 0 Å². The molecule has 3 rings (SSSR count). The predicted molar refractivity (Wildman–Crippen MR) is 107 cm³/mol. The van der Waals surface area contributed by atoms with Gasteiger partial charge < -0.3 is 15.8 Å². The molecular weight excluding hydrogens is 384 g/mol. The zero-order valence-corrected chi connectivity index (χ0v) is 17.0. The smallest absolute Gasteiger partial charge is 0.348 e. The van der Waals surface area contributed by atoms with Crippen molar-refractivity contribution in [2.24, 2.45) is 5.73 Å². The third-order valence-electron chi connectivity index (χ3n) is 4.55. The number of carbonyl (C=O) groups is 3. The van der Waals surface area contributed by atoms with Crippen LogP contribution in [0, 0.1) is 6.92 Å². The molecule has 0 atom stereocenters. The van der Waals surface area contributed by atoms with E-state index in [1.165, 1.54) is 22.7 Å². The number of amides is 2. The van der Waals surface area contributed by atoms with Gasteiger partial charge in [0.15, 0.2) is 6.61 Å². The Bertz CT molecular complexity index is 898. The van der Waals surface area contributed by atoms with Crippen molar-refractivity contribution in [1.29, 1.82) is 0 Å². The number of anilines is 1. The van der Waals surface area contributed by atoms with Crippen LogP contribution in [0.5, 0.6) is 0 Å². The number of carbonyl (C=O) groups excluding carboxylic acids is 3. The van der Waals surface area contributed by atoms with Gasteiger partial charge in [0.2, 0.25) is 0 Å². The molecule has 2 amide bonds. The van der Waals surface area contributed by atoms with Gasteiger partial charge in [-0.2, -0.15) is 0 Å². The van der Waals surface area contributed by atoms with E-state index >= 15 is 0 Å². The Kier molecular flexibility index (Phi) is 5.96. The number of primary amides is 1. The topological polar surface area (TPSA) is 98.5 Å². The molecule has 2 aromatic rings. The number of thiophene rings is 2. The summed E-state index contributed by atoms with van der Waals surface area (Å²) in [4.78, 5) is 38.9. The number of hydrogen-bond donors (Lipinski definition) is 2. The number of fused-ring (bicyclic) bond motifs is 1. The van der Waals surface area contributed by atoms with Crippen molar-refractivity contribution in [1.82, 2.24) is 0 Å². The SMILES string of the molecule is CCc1sc(C(=O)OCC(=O)Nc2sc3c(c2C(N)=O)CCCC3)cc1C. The average molecular weight is 407 g/mol. The largest absolute Gasteiger partial charge is 0.451 e. The first-order chi connectivity index (χ1) is 12.9. The fourth-order valence-corrected chi connectivity index (χ4v) is 5.57. The Hall–Kier alpha value is -2.19. The molecule has 8 heteroatoms. The molecule has 3 N–H and O–H groups in total. The number of esters is 1. The summed E-state index contributed by atoms with van der Waals surface area (Å²) in [5.41, 5.74) is 7.92. The van der Waals surface area contributed by atoms with Crippen LogP contribution in [0.3, 0.4) is 0 Å². The molecule has 1 aliphatic rings. The lowest BCUT2D eigenvalue weighted by Gasteiger charge is -2.11. The number of rotatable bonds is 6. The van der Waals surface area contributed by atoms with Gasteiger partial charge >= 0.3 is 5.97 Å². The maximum atomic E-state index is 12.2. The number of aryl methyl sites for hydroxylation is 3. The van der Waals surface area contributed by atoms with Gasteiger partial charge in [-0.1, -0.05) is 6.92 Å². The van der Waals surface area contributed by atoms with E-state index in [0.29, 0.717) is 15.4 Å². The van der Waals surface area contributed by atoms with Gasteiger partial charge in [-0.15, -0.1) is 22.7 Å². The van der Waals surface area contributed by atoms with E-state index in [1.807, 2.05) is 13.8 Å². The zero-order valence-electron chi connectivity index (χ0n) is 15.3. The van der Waals surface area contributed by atoms with Crippen LogP contribution in [0.2, 0.25) is 0 Å². The van der Waals surface area contributed by atoms with Crippen LogP contribution in [0.1, 0.15) is 60.7 Å². The van der Waals surface area contributed by atoms with E-state index in [0.717, 1.165) is 53.0 Å². The van der Waals surface area contributed by atoms with E-state index in [9.17, 15) is 14.4 Å². The van der Waals surface area contributed by atoms with Crippen LogP contribution in [-0.2, 0) is 28.8 Å². The number of hydrogen-bond acceptors (Lipinski definition) is 6. The monoisotopic (exact) mass is 406 g/mol. The molecule has 0 spiro atoms. The summed E-state index contributed by atoms with van der Waals surface area (Å²) in [7, 11) is 0. The molecule has 0 aromatic carbocycles. The molecule has 0 bridgehead atoms. The van der Waals surface area contributed by atoms with Crippen LogP contribution in [0.25, 0.3) is 0 Å². The first kappa shape index (κ1) is 19.6. The van der Waals surface area contributed by atoms with Gasteiger partial charge in [0.05, 0.1) is 5.56 Å². The van der Waals surface area contributed by atoms with Crippen molar-refractivity contribution < 1.29 is 19.1 Å². The second-order valence-electron chi connectivity index (χ2n) is 6.47. The van der Waals surface area contributed by atoms with Crippen LogP contribution >= 0.6 is 22.7 Å². The van der Waals surface area contributed by atoms with Crippen LogP contribution in [-0.4, -0.2) is 24.4 Å². The summed E-state index contributed by atoms with van der Waals surface area (Å²) in [6, 6.07) is 1.78. The Morgan fingerprint density at radius 2 is 1.96 bits per heavy atom. The lowest BCUT2D eigenvalue weighted by molar-refractivity contribution is -0.119. The molecule has 144 valence electrons. The standard InChI is InChI=1S/C19H22N2O4S2/c1-3-12-10(2)8-14(26-12)19(24)25-9-15(22)21-18-16(17(20)23)11-6-4-5-7-13(11)27-18/h8H,3-7,9H2,1-2H3,(H2,20,23)(H,21,22). The first-order valence-electron chi connectivity index (χ1n) is 8.91. The summed E-state index contributed by atoms with van der Waals surface area (Å²) in [6.45, 7) is 3.57. The lowest BCUT2D eigenvalue weighted by Crippen LogP contribution is -2.22. The minimum absolute atomic E-state index is 0.399. The fourth-order valence-electron chi connectivity index (χ4n) is 3.25. The number of nitrogens with one attached hydrogen (secondary N) is 1. The number of nitrogens with two attached hydrogens (primary N) is 1. The Morgan fingerprint density at radius 3 is 2.63 bits per heavy atom. The molecule has 0 saturated heterocycles. The van der Waals surface area contributed by atoms with Crippen molar-refractivity contribution >= 4 is 45.5 Å². The minimum atomic E-state index is -0.539. The third-order valence-corrected chi connectivity index (χ3v) is 7.12. The first-order valence-corrected chi connectivity index (χ1v) is 10.5. The second-order valence-corrected chi connectivity index (χ2v) is 8.72. The number of ether oxygens (including phenoxy) is 1.